The molecule has 3 aromatic rings. The Morgan fingerprint density at radius 1 is 0.833 bits per heavy atom. The molecule has 3 amide bonds. The van der Waals surface area contributed by atoms with Crippen LogP contribution in [0.1, 0.15) is 31.1 Å². The maximum atomic E-state index is 13.4. The average molecular weight is 407 g/mol. The molecule has 0 aliphatic carbocycles. The molecule has 0 radical (unpaired) electrons. The summed E-state index contributed by atoms with van der Waals surface area (Å²) >= 11 is 0. The number of hydrogen-bond acceptors (Lipinski definition) is 4. The van der Waals surface area contributed by atoms with Gasteiger partial charge in [0.25, 0.3) is 11.8 Å². The van der Waals surface area contributed by atoms with Crippen molar-refractivity contribution in [3.05, 3.63) is 89.2 Å². The van der Waals surface area contributed by atoms with E-state index in [1.54, 1.807) is 18.2 Å². The van der Waals surface area contributed by atoms with E-state index in [-0.39, 0.29) is 22.4 Å². The number of primary amides is 1. The number of anilines is 2. The van der Waals surface area contributed by atoms with E-state index in [4.69, 9.17) is 10.5 Å². The van der Waals surface area contributed by atoms with Crippen molar-refractivity contribution in [1.29, 1.82) is 0 Å². The van der Waals surface area contributed by atoms with Gasteiger partial charge in [-0.3, -0.25) is 14.4 Å². The van der Waals surface area contributed by atoms with Crippen molar-refractivity contribution in [1.82, 2.24) is 0 Å². The van der Waals surface area contributed by atoms with Crippen LogP contribution in [0.2, 0.25) is 0 Å². The fourth-order valence-electron chi connectivity index (χ4n) is 2.72. The number of methoxy groups -OCH3 is 1. The largest absolute Gasteiger partial charge is 0.495 e. The van der Waals surface area contributed by atoms with E-state index in [1.165, 1.54) is 49.6 Å². The molecule has 8 heteroatoms. The molecule has 152 valence electrons. The smallest absolute Gasteiger partial charge is 0.255 e. The van der Waals surface area contributed by atoms with Gasteiger partial charge in [0.15, 0.2) is 0 Å². The number of ether oxygens (including phenoxy) is 1. The molecule has 3 aromatic carbocycles. The van der Waals surface area contributed by atoms with Gasteiger partial charge in [-0.2, -0.15) is 0 Å². The second-order valence-corrected chi connectivity index (χ2v) is 6.28. The van der Waals surface area contributed by atoms with Crippen LogP contribution in [0.5, 0.6) is 5.75 Å². The Morgan fingerprint density at radius 3 is 2.13 bits per heavy atom. The standard InChI is InChI=1S/C22H18FN3O4/c1-30-19-9-8-17(25-21(28)14-5-2-4-13(10-14)20(24)27)12-18(19)26-22(29)15-6-3-7-16(23)11-15/h2-12H,1H3,(H2,24,27)(H,25,28)(H,26,29). The molecule has 0 aliphatic rings. The molecule has 0 bridgehead atoms. The molecule has 0 atom stereocenters. The number of nitrogens with one attached hydrogen (secondary N) is 2. The lowest BCUT2D eigenvalue weighted by Crippen LogP contribution is -2.16. The zero-order valence-corrected chi connectivity index (χ0v) is 15.9. The summed E-state index contributed by atoms with van der Waals surface area (Å²) in [6.45, 7) is 0. The fraction of sp³-hybridized carbons (Fsp3) is 0.0455. The highest BCUT2D eigenvalue weighted by atomic mass is 19.1. The van der Waals surface area contributed by atoms with E-state index in [1.807, 2.05) is 0 Å². The van der Waals surface area contributed by atoms with Gasteiger partial charge in [0.2, 0.25) is 5.91 Å². The molecule has 0 aromatic heterocycles. The highest BCUT2D eigenvalue weighted by molar-refractivity contribution is 6.08. The summed E-state index contributed by atoms with van der Waals surface area (Å²) in [4.78, 5) is 36.2. The molecule has 0 aliphatic heterocycles. The lowest BCUT2D eigenvalue weighted by Gasteiger charge is -2.13. The Kier molecular flexibility index (Phi) is 6.07. The molecule has 0 spiro atoms. The van der Waals surface area contributed by atoms with Gasteiger partial charge >= 0.3 is 0 Å². The molecule has 30 heavy (non-hydrogen) atoms. The predicted octanol–water partition coefficient (Wildman–Crippen LogP) is 3.44. The zero-order valence-electron chi connectivity index (χ0n) is 15.9. The topological polar surface area (TPSA) is 111 Å². The van der Waals surface area contributed by atoms with Gasteiger partial charge in [-0.15, -0.1) is 0 Å². The van der Waals surface area contributed by atoms with Crippen LogP contribution >= 0.6 is 0 Å². The van der Waals surface area contributed by atoms with E-state index in [2.05, 4.69) is 10.6 Å². The van der Waals surface area contributed by atoms with Gasteiger partial charge < -0.3 is 21.1 Å². The van der Waals surface area contributed by atoms with E-state index < -0.39 is 23.5 Å². The quantitative estimate of drug-likeness (QED) is 0.581. The number of nitrogens with two attached hydrogens (primary N) is 1. The first-order chi connectivity index (χ1) is 14.4. The monoisotopic (exact) mass is 407 g/mol. The first kappa shape index (κ1) is 20.5. The third-order valence-corrected chi connectivity index (χ3v) is 4.20. The average Bonchev–Trinajstić information content (AvgIpc) is 2.74. The third-order valence-electron chi connectivity index (χ3n) is 4.20. The molecule has 0 fully saturated rings. The van der Waals surface area contributed by atoms with E-state index in [9.17, 15) is 18.8 Å². The number of rotatable bonds is 6. The van der Waals surface area contributed by atoms with Crippen LogP contribution in [0.4, 0.5) is 15.8 Å². The Bertz CT molecular complexity index is 1130. The molecule has 7 nitrogen and oxygen atoms in total. The van der Waals surface area contributed by atoms with Crippen molar-refractivity contribution in [2.75, 3.05) is 17.7 Å². The van der Waals surface area contributed by atoms with Gasteiger partial charge in [0, 0.05) is 22.4 Å². The highest BCUT2D eigenvalue weighted by Crippen LogP contribution is 2.28. The first-order valence-electron chi connectivity index (χ1n) is 8.83. The summed E-state index contributed by atoms with van der Waals surface area (Å²) in [5, 5.41) is 5.32. The number of benzene rings is 3. The summed E-state index contributed by atoms with van der Waals surface area (Å²) in [5.74, 6) is -1.82. The van der Waals surface area contributed by atoms with Crippen molar-refractivity contribution in [2.24, 2.45) is 5.73 Å². The van der Waals surface area contributed by atoms with Crippen LogP contribution in [-0.4, -0.2) is 24.8 Å². The van der Waals surface area contributed by atoms with Crippen LogP contribution in [0.3, 0.4) is 0 Å². The number of halogens is 1. The summed E-state index contributed by atoms with van der Waals surface area (Å²) in [7, 11) is 1.43. The molecule has 0 saturated heterocycles. The molecule has 0 saturated carbocycles. The van der Waals surface area contributed by atoms with Crippen LogP contribution < -0.4 is 21.1 Å². The van der Waals surface area contributed by atoms with Crippen molar-refractivity contribution in [3.8, 4) is 5.75 Å². The SMILES string of the molecule is COc1ccc(NC(=O)c2cccc(C(N)=O)c2)cc1NC(=O)c1cccc(F)c1. The molecule has 3 rings (SSSR count). The molecule has 0 heterocycles. The predicted molar refractivity (Wildman–Crippen MR) is 110 cm³/mol. The number of amides is 3. The molecule has 4 N–H and O–H groups in total. The maximum Gasteiger partial charge on any atom is 0.255 e. The van der Waals surface area contributed by atoms with Crippen LogP contribution in [-0.2, 0) is 0 Å². The molecular weight excluding hydrogens is 389 g/mol. The van der Waals surface area contributed by atoms with E-state index in [0.717, 1.165) is 6.07 Å². The summed E-state index contributed by atoms with van der Waals surface area (Å²) < 4.78 is 18.6. The second-order valence-electron chi connectivity index (χ2n) is 6.28. The minimum absolute atomic E-state index is 0.134. The van der Waals surface area contributed by atoms with Crippen LogP contribution in [0.15, 0.2) is 66.7 Å². The van der Waals surface area contributed by atoms with E-state index in [0.29, 0.717) is 11.4 Å². The van der Waals surface area contributed by atoms with Gasteiger partial charge in [0.05, 0.1) is 12.8 Å². The number of carbonyl (C=O) groups excluding carboxylic acids is 3. The van der Waals surface area contributed by atoms with Gasteiger partial charge in [-0.1, -0.05) is 12.1 Å². The Labute approximate surface area is 171 Å². The van der Waals surface area contributed by atoms with Crippen molar-refractivity contribution in [2.45, 2.75) is 0 Å². The van der Waals surface area contributed by atoms with Crippen molar-refractivity contribution < 1.29 is 23.5 Å². The minimum Gasteiger partial charge on any atom is -0.495 e. The van der Waals surface area contributed by atoms with Crippen molar-refractivity contribution in [3.63, 3.8) is 0 Å². The normalized spacial score (nSPS) is 10.2. The zero-order chi connectivity index (χ0) is 21.7. The third kappa shape index (κ3) is 4.79. The second kappa shape index (κ2) is 8.87. The summed E-state index contributed by atoms with van der Waals surface area (Å²) in [6, 6.07) is 15.9. The molecular formula is C22H18FN3O4. The first-order valence-corrected chi connectivity index (χ1v) is 8.83. The number of carbonyl (C=O) groups is 3. The summed E-state index contributed by atoms with van der Waals surface area (Å²) in [6.07, 6.45) is 0. The van der Waals surface area contributed by atoms with Gasteiger partial charge in [-0.25, -0.2) is 4.39 Å². The van der Waals surface area contributed by atoms with Crippen LogP contribution in [0, 0.1) is 5.82 Å². The Hall–Kier alpha value is -4.20. The fourth-order valence-corrected chi connectivity index (χ4v) is 2.72. The maximum absolute atomic E-state index is 13.4. The number of hydrogen-bond donors (Lipinski definition) is 3. The lowest BCUT2D eigenvalue weighted by molar-refractivity contribution is 0.0997. The van der Waals surface area contributed by atoms with Crippen molar-refractivity contribution >= 4 is 29.1 Å². The lowest BCUT2D eigenvalue weighted by atomic mass is 10.1. The minimum atomic E-state index is -0.642. The summed E-state index contributed by atoms with van der Waals surface area (Å²) in [5.41, 5.74) is 6.49. The highest BCUT2D eigenvalue weighted by Gasteiger charge is 2.14. The van der Waals surface area contributed by atoms with E-state index >= 15 is 0 Å². The van der Waals surface area contributed by atoms with Gasteiger partial charge in [-0.05, 0) is 54.6 Å². The Morgan fingerprint density at radius 2 is 1.47 bits per heavy atom. The molecule has 0 unspecified atom stereocenters. The Balaban J connectivity index is 1.82. The van der Waals surface area contributed by atoms with Crippen LogP contribution in [0.25, 0.3) is 0 Å². The van der Waals surface area contributed by atoms with Gasteiger partial charge in [0.1, 0.15) is 11.6 Å².